The van der Waals surface area contributed by atoms with Gasteiger partial charge in [-0.2, -0.15) is 0 Å². The molecule has 0 heterocycles. The van der Waals surface area contributed by atoms with Gasteiger partial charge in [0.25, 0.3) is 5.91 Å². The Morgan fingerprint density at radius 1 is 1.16 bits per heavy atom. The first-order valence-corrected chi connectivity index (χ1v) is 9.68. The molecular formula is C21H31NO3. The Morgan fingerprint density at radius 3 is 2.48 bits per heavy atom. The van der Waals surface area contributed by atoms with E-state index in [9.17, 15) is 14.7 Å². The molecule has 4 nitrogen and oxygen atoms in total. The number of hydrogen-bond acceptors (Lipinski definition) is 3. The predicted molar refractivity (Wildman–Crippen MR) is 99.4 cm³/mol. The van der Waals surface area contributed by atoms with Gasteiger partial charge in [0, 0.05) is 12.0 Å². The highest BCUT2D eigenvalue weighted by Crippen LogP contribution is 2.28. The van der Waals surface area contributed by atoms with E-state index in [4.69, 9.17) is 0 Å². The van der Waals surface area contributed by atoms with E-state index < -0.39 is 12.1 Å². The molecule has 0 spiro atoms. The minimum Gasteiger partial charge on any atom is -0.383 e. The summed E-state index contributed by atoms with van der Waals surface area (Å²) in [6, 6.07) is 8.48. The number of amides is 1. The Labute approximate surface area is 151 Å². The third-order valence-corrected chi connectivity index (χ3v) is 5.15. The maximum absolute atomic E-state index is 12.5. The number of carbonyl (C=O) groups excluding carboxylic acids is 2. The van der Waals surface area contributed by atoms with Gasteiger partial charge in [0.1, 0.15) is 6.10 Å². The Kier molecular flexibility index (Phi) is 8.13. The van der Waals surface area contributed by atoms with Crippen LogP contribution in [-0.2, 0) is 4.79 Å². The Hall–Kier alpha value is -1.68. The number of rotatable bonds is 9. The summed E-state index contributed by atoms with van der Waals surface area (Å²) in [5.74, 6) is 0.100. The molecule has 1 aliphatic carbocycles. The minimum atomic E-state index is -1.11. The van der Waals surface area contributed by atoms with Gasteiger partial charge in [-0.3, -0.25) is 9.59 Å². The second-order valence-corrected chi connectivity index (χ2v) is 7.20. The SMILES string of the molecule is CCCCC(=O)[C@H](O)[C@H](CC1CCCCC1)NC(=O)c1ccccc1. The molecule has 2 rings (SSSR count). The highest BCUT2D eigenvalue weighted by atomic mass is 16.3. The molecule has 1 aromatic carbocycles. The van der Waals surface area contributed by atoms with Crippen LogP contribution >= 0.6 is 0 Å². The lowest BCUT2D eigenvalue weighted by Gasteiger charge is -2.29. The van der Waals surface area contributed by atoms with Crippen LogP contribution in [0.25, 0.3) is 0 Å². The Bertz CT molecular complexity index is 537. The van der Waals surface area contributed by atoms with Crippen molar-refractivity contribution in [1.82, 2.24) is 5.32 Å². The molecule has 2 N–H and O–H groups in total. The van der Waals surface area contributed by atoms with Crippen LogP contribution in [0.2, 0.25) is 0 Å². The quantitative estimate of drug-likeness (QED) is 0.714. The number of unbranched alkanes of at least 4 members (excludes halogenated alkanes) is 1. The zero-order valence-corrected chi connectivity index (χ0v) is 15.2. The fraction of sp³-hybridized carbons (Fsp3) is 0.619. The average Bonchev–Trinajstić information content (AvgIpc) is 2.66. The lowest BCUT2D eigenvalue weighted by molar-refractivity contribution is -0.128. The van der Waals surface area contributed by atoms with Gasteiger partial charge in [-0.1, -0.05) is 63.6 Å². The maximum atomic E-state index is 12.5. The first-order valence-electron chi connectivity index (χ1n) is 9.68. The van der Waals surface area contributed by atoms with Gasteiger partial charge in [0.2, 0.25) is 0 Å². The summed E-state index contributed by atoms with van der Waals surface area (Å²) in [5, 5.41) is 13.5. The molecule has 1 saturated carbocycles. The van der Waals surface area contributed by atoms with Crippen LogP contribution in [0.1, 0.15) is 75.1 Å². The van der Waals surface area contributed by atoms with Gasteiger partial charge >= 0.3 is 0 Å². The van der Waals surface area contributed by atoms with Crippen LogP contribution in [0.15, 0.2) is 30.3 Å². The van der Waals surface area contributed by atoms with E-state index in [0.29, 0.717) is 24.3 Å². The number of aliphatic hydroxyl groups excluding tert-OH is 1. The molecular weight excluding hydrogens is 314 g/mol. The van der Waals surface area contributed by atoms with Crippen LogP contribution in [-0.4, -0.2) is 28.9 Å². The van der Waals surface area contributed by atoms with Crippen molar-refractivity contribution in [3.8, 4) is 0 Å². The standard InChI is InChI=1S/C21H31NO3/c1-2-3-14-19(23)20(24)18(15-16-10-6-4-7-11-16)22-21(25)17-12-8-5-9-13-17/h5,8-9,12-13,16,18,20,24H,2-4,6-7,10-11,14-15H2,1H3,(H,22,25)/t18-,20+/m0/s1. The number of nitrogens with one attached hydrogen (secondary N) is 1. The highest BCUT2D eigenvalue weighted by molar-refractivity contribution is 5.95. The third-order valence-electron chi connectivity index (χ3n) is 5.15. The molecule has 1 aliphatic rings. The van der Waals surface area contributed by atoms with Gasteiger partial charge in [-0.05, 0) is 30.9 Å². The number of Topliss-reactive ketones (excluding diaryl/α,β-unsaturated/α-hetero) is 1. The van der Waals surface area contributed by atoms with E-state index in [-0.39, 0.29) is 11.7 Å². The molecule has 25 heavy (non-hydrogen) atoms. The predicted octanol–water partition coefficient (Wildman–Crippen LogP) is 3.88. The monoisotopic (exact) mass is 345 g/mol. The summed E-state index contributed by atoms with van der Waals surface area (Å²) >= 11 is 0. The van der Waals surface area contributed by atoms with Crippen LogP contribution in [0, 0.1) is 5.92 Å². The lowest BCUT2D eigenvalue weighted by Crippen LogP contribution is -2.48. The smallest absolute Gasteiger partial charge is 0.251 e. The molecule has 0 radical (unpaired) electrons. The summed E-state index contributed by atoms with van der Waals surface area (Å²) in [4.78, 5) is 24.8. The van der Waals surface area contributed by atoms with Crippen molar-refractivity contribution in [3.05, 3.63) is 35.9 Å². The van der Waals surface area contributed by atoms with Gasteiger partial charge < -0.3 is 10.4 Å². The fourth-order valence-electron chi connectivity index (χ4n) is 3.61. The zero-order chi connectivity index (χ0) is 18.1. The zero-order valence-electron chi connectivity index (χ0n) is 15.2. The number of hydrogen-bond donors (Lipinski definition) is 2. The van der Waals surface area contributed by atoms with E-state index in [1.165, 1.54) is 19.3 Å². The van der Waals surface area contributed by atoms with Gasteiger partial charge in [-0.15, -0.1) is 0 Å². The molecule has 0 saturated heterocycles. The van der Waals surface area contributed by atoms with E-state index in [0.717, 1.165) is 25.7 Å². The Balaban J connectivity index is 2.04. The van der Waals surface area contributed by atoms with Crippen molar-refractivity contribution in [2.75, 3.05) is 0 Å². The number of benzene rings is 1. The molecule has 2 atom stereocenters. The summed E-state index contributed by atoms with van der Waals surface area (Å²) < 4.78 is 0. The van der Waals surface area contributed by atoms with Crippen LogP contribution in [0.5, 0.6) is 0 Å². The topological polar surface area (TPSA) is 66.4 Å². The molecule has 1 fully saturated rings. The van der Waals surface area contributed by atoms with Crippen LogP contribution in [0.3, 0.4) is 0 Å². The fourth-order valence-corrected chi connectivity index (χ4v) is 3.61. The number of carbonyl (C=O) groups is 2. The first kappa shape index (κ1) is 19.6. The molecule has 0 aliphatic heterocycles. The summed E-state index contributed by atoms with van der Waals surface area (Å²) in [7, 11) is 0. The molecule has 0 aromatic heterocycles. The van der Waals surface area contributed by atoms with Crippen molar-refractivity contribution >= 4 is 11.7 Å². The van der Waals surface area contributed by atoms with Gasteiger partial charge in [0.05, 0.1) is 6.04 Å². The van der Waals surface area contributed by atoms with Gasteiger partial charge in [0.15, 0.2) is 5.78 Å². The van der Waals surface area contributed by atoms with Crippen molar-refractivity contribution < 1.29 is 14.7 Å². The molecule has 1 aromatic rings. The average molecular weight is 345 g/mol. The number of aliphatic hydroxyl groups is 1. The van der Waals surface area contributed by atoms with Crippen LogP contribution < -0.4 is 5.32 Å². The second kappa shape index (κ2) is 10.3. The minimum absolute atomic E-state index is 0.156. The molecule has 1 amide bonds. The normalized spacial score (nSPS) is 17.7. The van der Waals surface area contributed by atoms with Crippen molar-refractivity contribution in [1.29, 1.82) is 0 Å². The first-order chi connectivity index (χ1) is 12.1. The van der Waals surface area contributed by atoms with E-state index in [1.807, 2.05) is 25.1 Å². The molecule has 0 unspecified atom stereocenters. The van der Waals surface area contributed by atoms with Crippen molar-refractivity contribution in [3.63, 3.8) is 0 Å². The molecule has 4 heteroatoms. The highest BCUT2D eigenvalue weighted by Gasteiger charge is 2.30. The second-order valence-electron chi connectivity index (χ2n) is 7.20. The summed E-state index contributed by atoms with van der Waals surface area (Å²) in [5.41, 5.74) is 0.560. The Morgan fingerprint density at radius 2 is 1.84 bits per heavy atom. The maximum Gasteiger partial charge on any atom is 0.251 e. The van der Waals surface area contributed by atoms with Crippen molar-refractivity contribution in [2.24, 2.45) is 5.92 Å². The molecule has 0 bridgehead atoms. The summed E-state index contributed by atoms with van der Waals surface area (Å²) in [6.45, 7) is 2.02. The molecule has 138 valence electrons. The van der Waals surface area contributed by atoms with E-state index in [1.54, 1.807) is 12.1 Å². The summed E-state index contributed by atoms with van der Waals surface area (Å²) in [6.07, 6.45) is 7.53. The van der Waals surface area contributed by atoms with Crippen LogP contribution in [0.4, 0.5) is 0 Å². The number of ketones is 1. The third kappa shape index (κ3) is 6.28. The van der Waals surface area contributed by atoms with E-state index in [2.05, 4.69) is 5.32 Å². The van der Waals surface area contributed by atoms with Gasteiger partial charge in [-0.25, -0.2) is 0 Å². The largest absolute Gasteiger partial charge is 0.383 e. The lowest BCUT2D eigenvalue weighted by atomic mass is 9.83. The van der Waals surface area contributed by atoms with E-state index >= 15 is 0 Å². The van der Waals surface area contributed by atoms with Crippen molar-refractivity contribution in [2.45, 2.75) is 76.9 Å².